The van der Waals surface area contributed by atoms with E-state index in [1.165, 1.54) is 0 Å². The van der Waals surface area contributed by atoms with Crippen LogP contribution in [0.3, 0.4) is 0 Å². The van der Waals surface area contributed by atoms with Crippen LogP contribution in [0.5, 0.6) is 0 Å². The summed E-state index contributed by atoms with van der Waals surface area (Å²) in [6.07, 6.45) is 0.367. The largest absolute Gasteiger partial charge is 0.377 e. The van der Waals surface area contributed by atoms with E-state index in [2.05, 4.69) is 5.32 Å². The smallest absolute Gasteiger partial charge is 0.223 e. The Morgan fingerprint density at radius 1 is 1.47 bits per heavy atom. The summed E-state index contributed by atoms with van der Waals surface area (Å²) in [7, 11) is -1.28. The van der Waals surface area contributed by atoms with Crippen molar-refractivity contribution >= 4 is 15.7 Å². The van der Waals surface area contributed by atoms with Gasteiger partial charge in [-0.15, -0.1) is 0 Å². The topological polar surface area (TPSA) is 75.7 Å². The van der Waals surface area contributed by atoms with E-state index in [9.17, 15) is 13.2 Å². The van der Waals surface area contributed by atoms with Crippen LogP contribution in [-0.2, 0) is 19.4 Å². The van der Waals surface area contributed by atoms with Crippen LogP contribution in [0.1, 0.15) is 20.3 Å². The van der Waals surface area contributed by atoms with Gasteiger partial charge in [-0.2, -0.15) is 0 Å². The Hall–Kier alpha value is -0.660. The SMILES string of the molecule is CC(C)OCCN(C)C(=O)CC1CS(=O)(=O)CCN1. The standard InChI is InChI=1S/C12H24N2O4S/c1-10(2)18-6-5-14(3)12(15)8-11-9-19(16,17)7-4-13-11/h10-11,13H,4-9H2,1-3H3. The molecule has 1 rings (SSSR count). The van der Waals surface area contributed by atoms with Gasteiger partial charge in [0.15, 0.2) is 9.84 Å². The quantitative estimate of drug-likeness (QED) is 0.724. The minimum atomic E-state index is -2.99. The van der Waals surface area contributed by atoms with E-state index in [1.807, 2.05) is 13.8 Å². The monoisotopic (exact) mass is 292 g/mol. The fourth-order valence-electron chi connectivity index (χ4n) is 1.92. The summed E-state index contributed by atoms with van der Waals surface area (Å²) >= 11 is 0. The van der Waals surface area contributed by atoms with Gasteiger partial charge in [-0.25, -0.2) is 8.42 Å². The Kier molecular flexibility index (Phi) is 6.22. The van der Waals surface area contributed by atoms with E-state index in [1.54, 1.807) is 11.9 Å². The fourth-order valence-corrected chi connectivity index (χ4v) is 3.36. The minimum Gasteiger partial charge on any atom is -0.377 e. The van der Waals surface area contributed by atoms with E-state index in [4.69, 9.17) is 4.74 Å². The van der Waals surface area contributed by atoms with Crippen LogP contribution in [0.25, 0.3) is 0 Å². The molecule has 0 bridgehead atoms. The first-order chi connectivity index (χ1) is 8.80. The molecule has 0 spiro atoms. The third-order valence-electron chi connectivity index (χ3n) is 3.03. The van der Waals surface area contributed by atoms with Gasteiger partial charge in [0, 0.05) is 32.6 Å². The van der Waals surface area contributed by atoms with Gasteiger partial charge in [-0.05, 0) is 13.8 Å². The van der Waals surface area contributed by atoms with Gasteiger partial charge in [0.1, 0.15) is 0 Å². The zero-order valence-electron chi connectivity index (χ0n) is 11.9. The fraction of sp³-hybridized carbons (Fsp3) is 0.917. The lowest BCUT2D eigenvalue weighted by Crippen LogP contribution is -2.47. The molecule has 0 aliphatic carbocycles. The summed E-state index contributed by atoms with van der Waals surface area (Å²) in [5.74, 6) is 0.159. The number of carbonyl (C=O) groups is 1. The van der Waals surface area contributed by atoms with E-state index >= 15 is 0 Å². The molecule has 1 saturated heterocycles. The van der Waals surface area contributed by atoms with Crippen molar-refractivity contribution < 1.29 is 17.9 Å². The van der Waals surface area contributed by atoms with Gasteiger partial charge >= 0.3 is 0 Å². The van der Waals surface area contributed by atoms with Crippen molar-refractivity contribution in [2.75, 3.05) is 38.2 Å². The highest BCUT2D eigenvalue weighted by atomic mass is 32.2. The van der Waals surface area contributed by atoms with Crippen molar-refractivity contribution in [2.24, 2.45) is 0 Å². The first kappa shape index (κ1) is 16.4. The zero-order valence-corrected chi connectivity index (χ0v) is 12.7. The van der Waals surface area contributed by atoms with Gasteiger partial charge in [0.25, 0.3) is 0 Å². The molecule has 6 nitrogen and oxygen atoms in total. The predicted molar refractivity (Wildman–Crippen MR) is 73.8 cm³/mol. The number of amides is 1. The highest BCUT2D eigenvalue weighted by Gasteiger charge is 2.26. The van der Waals surface area contributed by atoms with E-state index in [0.29, 0.717) is 19.7 Å². The Labute approximate surface area is 115 Å². The van der Waals surface area contributed by atoms with Crippen molar-refractivity contribution in [3.63, 3.8) is 0 Å². The number of hydrogen-bond acceptors (Lipinski definition) is 5. The van der Waals surface area contributed by atoms with E-state index in [-0.39, 0.29) is 36.0 Å². The summed E-state index contributed by atoms with van der Waals surface area (Å²) in [6.45, 7) is 5.34. The van der Waals surface area contributed by atoms with Gasteiger partial charge < -0.3 is 15.0 Å². The lowest BCUT2D eigenvalue weighted by atomic mass is 10.2. The summed E-state index contributed by atoms with van der Waals surface area (Å²) in [4.78, 5) is 13.5. The van der Waals surface area contributed by atoms with Gasteiger partial charge in [0.2, 0.25) is 5.91 Å². The third kappa shape index (κ3) is 6.35. The zero-order chi connectivity index (χ0) is 14.5. The van der Waals surface area contributed by atoms with Crippen molar-refractivity contribution in [3.8, 4) is 0 Å². The molecule has 1 N–H and O–H groups in total. The number of hydrogen-bond donors (Lipinski definition) is 1. The van der Waals surface area contributed by atoms with E-state index < -0.39 is 9.84 Å². The molecule has 1 atom stereocenters. The molecule has 7 heteroatoms. The molecule has 1 aliphatic rings. The molecule has 0 aromatic carbocycles. The van der Waals surface area contributed by atoms with Crippen LogP contribution >= 0.6 is 0 Å². The number of sulfone groups is 1. The summed E-state index contributed by atoms with van der Waals surface area (Å²) in [5, 5.41) is 3.08. The third-order valence-corrected chi connectivity index (χ3v) is 4.76. The van der Waals surface area contributed by atoms with E-state index in [0.717, 1.165) is 0 Å². The van der Waals surface area contributed by atoms with Crippen LogP contribution in [-0.4, -0.2) is 69.6 Å². The molecule has 112 valence electrons. The normalized spacial score (nSPS) is 22.4. The van der Waals surface area contributed by atoms with Crippen LogP contribution in [0, 0.1) is 0 Å². The first-order valence-corrected chi connectivity index (χ1v) is 8.41. The average Bonchev–Trinajstić information content (AvgIpc) is 2.26. The molecule has 1 fully saturated rings. The second kappa shape index (κ2) is 7.21. The number of rotatable bonds is 6. The molecule has 1 aliphatic heterocycles. The minimum absolute atomic E-state index is 0.0507. The Balaban J connectivity index is 2.33. The maximum Gasteiger partial charge on any atom is 0.223 e. The Morgan fingerprint density at radius 2 is 2.16 bits per heavy atom. The molecule has 0 radical (unpaired) electrons. The van der Waals surface area contributed by atoms with Crippen molar-refractivity contribution in [1.82, 2.24) is 10.2 Å². The molecule has 1 amide bonds. The summed E-state index contributed by atoms with van der Waals surface area (Å²) in [5.41, 5.74) is 0. The van der Waals surface area contributed by atoms with Gasteiger partial charge in [-0.1, -0.05) is 0 Å². The van der Waals surface area contributed by atoms with Crippen molar-refractivity contribution in [1.29, 1.82) is 0 Å². The second-order valence-electron chi connectivity index (χ2n) is 5.20. The van der Waals surface area contributed by atoms with Crippen molar-refractivity contribution in [3.05, 3.63) is 0 Å². The number of carbonyl (C=O) groups excluding carboxylic acids is 1. The summed E-state index contributed by atoms with van der Waals surface area (Å²) in [6, 6.07) is -0.264. The average molecular weight is 292 g/mol. The van der Waals surface area contributed by atoms with Crippen LogP contribution in [0.4, 0.5) is 0 Å². The number of nitrogens with zero attached hydrogens (tertiary/aromatic N) is 1. The van der Waals surface area contributed by atoms with Crippen LogP contribution in [0.2, 0.25) is 0 Å². The van der Waals surface area contributed by atoms with Crippen LogP contribution in [0.15, 0.2) is 0 Å². The Bertz CT molecular complexity index is 395. The molecule has 1 heterocycles. The number of ether oxygens (including phenoxy) is 1. The molecular weight excluding hydrogens is 268 g/mol. The first-order valence-electron chi connectivity index (χ1n) is 6.59. The molecule has 0 saturated carbocycles. The maximum absolute atomic E-state index is 11.9. The molecular formula is C12H24N2O4S. The Morgan fingerprint density at radius 3 is 2.74 bits per heavy atom. The van der Waals surface area contributed by atoms with Crippen molar-refractivity contribution in [2.45, 2.75) is 32.4 Å². The lowest BCUT2D eigenvalue weighted by molar-refractivity contribution is -0.131. The van der Waals surface area contributed by atoms with Crippen LogP contribution < -0.4 is 5.32 Å². The highest BCUT2D eigenvalue weighted by Crippen LogP contribution is 2.06. The second-order valence-corrected chi connectivity index (χ2v) is 7.43. The molecule has 1 unspecified atom stereocenters. The molecule has 19 heavy (non-hydrogen) atoms. The molecule has 0 aromatic heterocycles. The number of likely N-dealkylation sites (N-methyl/N-ethyl adjacent to an activating group) is 1. The lowest BCUT2D eigenvalue weighted by Gasteiger charge is -2.25. The van der Waals surface area contributed by atoms with Gasteiger partial charge in [-0.3, -0.25) is 4.79 Å². The summed E-state index contributed by atoms with van der Waals surface area (Å²) < 4.78 is 28.3. The highest BCUT2D eigenvalue weighted by molar-refractivity contribution is 7.91. The predicted octanol–water partition coefficient (Wildman–Crippen LogP) is -0.353. The number of nitrogens with one attached hydrogen (secondary N) is 1. The van der Waals surface area contributed by atoms with Gasteiger partial charge in [0.05, 0.1) is 24.2 Å². The maximum atomic E-state index is 11.9. The molecule has 0 aromatic rings.